The quantitative estimate of drug-likeness (QED) is 0.142. The maximum Gasteiger partial charge on any atom is 0.164 e. The smallest absolute Gasteiger partial charge is 0.164 e. The molecule has 0 saturated carbocycles. The van der Waals surface area contributed by atoms with Gasteiger partial charge in [0.1, 0.15) is 11.2 Å². The number of fused-ring (bicyclic) bond motifs is 40. The van der Waals surface area contributed by atoms with Crippen molar-refractivity contribution >= 4 is 196 Å². The van der Waals surface area contributed by atoms with Gasteiger partial charge in [0, 0.05) is 100 Å². The lowest BCUT2D eigenvalue weighted by Crippen LogP contribution is -1.95. The lowest BCUT2D eigenvalue weighted by molar-refractivity contribution is 1.20. The van der Waals surface area contributed by atoms with Crippen molar-refractivity contribution in [3.63, 3.8) is 0 Å². The summed E-state index contributed by atoms with van der Waals surface area (Å²) in [5.74, 6) is 0. The van der Waals surface area contributed by atoms with Crippen LogP contribution in [0.2, 0.25) is 0 Å². The van der Waals surface area contributed by atoms with Gasteiger partial charge in [-0.2, -0.15) is 0 Å². The summed E-state index contributed by atoms with van der Waals surface area (Å²) in [5, 5.41) is 27.7. The van der Waals surface area contributed by atoms with E-state index in [1.807, 2.05) is 24.5 Å². The molecule has 0 saturated heterocycles. The predicted molar refractivity (Wildman–Crippen MR) is 421 cm³/mol. The molecule has 0 radical (unpaired) electrons. The molecule has 0 amide bonds. The van der Waals surface area contributed by atoms with Crippen LogP contribution >= 0.6 is 0 Å². The molecule has 0 fully saturated rings. The molecule has 13 aromatic carbocycles. The van der Waals surface area contributed by atoms with Gasteiger partial charge in [-0.3, -0.25) is 18.8 Å². The van der Waals surface area contributed by atoms with Gasteiger partial charge in [-0.25, -0.2) is 9.97 Å². The summed E-state index contributed by atoms with van der Waals surface area (Å²) in [6.45, 7) is 0. The summed E-state index contributed by atoms with van der Waals surface area (Å²) in [5.41, 5.74) is 16.1. The van der Waals surface area contributed by atoms with Crippen molar-refractivity contribution < 1.29 is 0 Å². The van der Waals surface area contributed by atoms with E-state index in [2.05, 4.69) is 326 Å². The molecule has 0 bridgehead atoms. The average molecular weight is 1270 g/mol. The second-order valence-electron chi connectivity index (χ2n) is 26.0. The van der Waals surface area contributed by atoms with Crippen LogP contribution in [-0.4, -0.2) is 37.5 Å². The van der Waals surface area contributed by atoms with Gasteiger partial charge in [0.25, 0.3) is 0 Å². The third-order valence-corrected chi connectivity index (χ3v) is 20.7. The normalized spacial score (nSPS) is 12.0. The van der Waals surface area contributed by atoms with Crippen molar-refractivity contribution in [1.29, 1.82) is 0 Å². The molecular formula is C92H56N8. The molecule has 0 aliphatic rings. The summed E-state index contributed by atoms with van der Waals surface area (Å²) in [6, 6.07) is 113. The Balaban J connectivity index is 0.0000000873. The Bertz CT molecular complexity index is 6660. The minimum Gasteiger partial charge on any atom is -0.309 e. The van der Waals surface area contributed by atoms with Crippen LogP contribution in [0.15, 0.2) is 340 Å². The van der Waals surface area contributed by atoms with Crippen LogP contribution in [0.25, 0.3) is 196 Å². The molecule has 0 N–H and O–H groups in total. The van der Waals surface area contributed by atoms with Crippen LogP contribution in [0.4, 0.5) is 0 Å². The monoisotopic (exact) mass is 1270 g/mol. The summed E-state index contributed by atoms with van der Waals surface area (Å²) in [4.78, 5) is 18.9. The number of pyridine rings is 6. The topological polar surface area (TPSA) is 69.2 Å². The van der Waals surface area contributed by atoms with Crippen molar-refractivity contribution in [2.24, 2.45) is 0 Å². The number of rotatable bonds is 0. The number of benzene rings is 13. The van der Waals surface area contributed by atoms with E-state index in [0.29, 0.717) is 0 Å². The van der Waals surface area contributed by atoms with Crippen molar-refractivity contribution in [1.82, 2.24) is 37.5 Å². The highest BCUT2D eigenvalue weighted by molar-refractivity contribution is 6.28. The minimum absolute atomic E-state index is 0.905. The van der Waals surface area contributed by atoms with E-state index in [0.717, 1.165) is 33.4 Å². The molecule has 8 heteroatoms. The van der Waals surface area contributed by atoms with E-state index in [9.17, 15) is 0 Å². The van der Waals surface area contributed by atoms with Gasteiger partial charge in [-0.05, 0) is 122 Å². The second kappa shape index (κ2) is 22.0. The largest absolute Gasteiger partial charge is 0.309 e. The van der Waals surface area contributed by atoms with Gasteiger partial charge in [0.15, 0.2) is 5.65 Å². The SMILES string of the molecule is c1ccc2c(c1)ccc1c2c2ccccc2n2c3ccccc3cc12.c1ccc2c(c1)ccc1c2c2cccnc2n2c3ccccc3cc12.c1ccc2c(c1)ccc1c2c2ncccc2n2c3ccccc3cc12.c1ccc2c(c1)ccc1c2c2nccnc2n2c3ccccc3cc12. The standard InChI is InChI=1S/C24H15N.2C23H14N2.C22H13N3/c1-3-9-18-16(7-1)13-14-20-23-15-17-8-2-5-11-21(17)25(23)22-12-6-4-10-19(22)24(18)20;1-3-8-17-15(6-1)11-12-18-21-14-16-7-2-4-10-20(16)25(21)23-19(22(17)18)9-5-13-24-23;1-3-8-17-15(6-1)11-12-18-21-14-16-7-2-4-9-19(16)25(21)20-10-5-13-24-23(20)22(17)18;1-3-7-16-14(5-1)9-10-17-19-13-15-6-2-4-8-18(15)25(19)22-21(20(16)17)23-11-12-24-22/h1-15H;2*1-14H;1-13H. The third-order valence-electron chi connectivity index (χ3n) is 20.7. The Morgan fingerprint density at radius 2 is 0.450 bits per heavy atom. The maximum absolute atomic E-state index is 4.78. The molecule has 11 heterocycles. The summed E-state index contributed by atoms with van der Waals surface area (Å²) in [6.07, 6.45) is 7.32. The van der Waals surface area contributed by atoms with Crippen LogP contribution in [-0.2, 0) is 0 Å². The van der Waals surface area contributed by atoms with Gasteiger partial charge >= 0.3 is 0 Å². The van der Waals surface area contributed by atoms with Crippen LogP contribution in [0.3, 0.4) is 0 Å². The highest BCUT2D eigenvalue weighted by Gasteiger charge is 2.20. The zero-order chi connectivity index (χ0) is 65.5. The first-order chi connectivity index (χ1) is 49.7. The first kappa shape index (κ1) is 55.7. The Labute approximate surface area is 570 Å². The predicted octanol–water partition coefficient (Wildman–Crippen LogP) is 23.8. The molecule has 0 aliphatic carbocycles. The highest BCUT2D eigenvalue weighted by Crippen LogP contribution is 2.42. The second-order valence-corrected chi connectivity index (χ2v) is 26.0. The van der Waals surface area contributed by atoms with Crippen LogP contribution in [0.1, 0.15) is 0 Å². The van der Waals surface area contributed by atoms with Crippen molar-refractivity contribution in [3.8, 4) is 0 Å². The summed E-state index contributed by atoms with van der Waals surface area (Å²) < 4.78 is 9.27. The lowest BCUT2D eigenvalue weighted by atomic mass is 9.98. The fourth-order valence-corrected chi connectivity index (χ4v) is 16.5. The number of hydrogen-bond acceptors (Lipinski definition) is 4. The molecule has 464 valence electrons. The first-order valence-corrected chi connectivity index (χ1v) is 34.0. The van der Waals surface area contributed by atoms with Crippen molar-refractivity contribution in [2.75, 3.05) is 0 Å². The van der Waals surface area contributed by atoms with E-state index in [1.165, 1.54) is 163 Å². The van der Waals surface area contributed by atoms with Crippen molar-refractivity contribution in [3.05, 3.63) is 340 Å². The fraction of sp³-hybridized carbons (Fsp3) is 0. The number of nitrogens with zero attached hydrogens (tertiary/aromatic N) is 8. The first-order valence-electron chi connectivity index (χ1n) is 34.0. The highest BCUT2D eigenvalue weighted by atomic mass is 15.0. The zero-order valence-electron chi connectivity index (χ0n) is 53.9. The lowest BCUT2D eigenvalue weighted by Gasteiger charge is -2.12. The molecule has 24 rings (SSSR count). The number of para-hydroxylation sites is 5. The van der Waals surface area contributed by atoms with Gasteiger partial charge in [0.05, 0.1) is 60.7 Å². The molecule has 8 nitrogen and oxygen atoms in total. The van der Waals surface area contributed by atoms with Gasteiger partial charge in [-0.15, -0.1) is 0 Å². The van der Waals surface area contributed by atoms with Gasteiger partial charge in [0.2, 0.25) is 0 Å². The van der Waals surface area contributed by atoms with Gasteiger partial charge in [-0.1, -0.05) is 237 Å². The zero-order valence-corrected chi connectivity index (χ0v) is 53.9. The van der Waals surface area contributed by atoms with E-state index < -0.39 is 0 Å². The Hall–Kier alpha value is -13.6. The average Bonchev–Trinajstić information content (AvgIpc) is 1.51. The fourth-order valence-electron chi connectivity index (χ4n) is 16.5. The molecule has 24 aromatic rings. The Morgan fingerprint density at radius 3 is 0.950 bits per heavy atom. The van der Waals surface area contributed by atoms with Crippen LogP contribution < -0.4 is 0 Å². The van der Waals surface area contributed by atoms with E-state index in [-0.39, 0.29) is 0 Å². The number of hydrogen-bond donors (Lipinski definition) is 0. The molecule has 11 aromatic heterocycles. The van der Waals surface area contributed by atoms with Gasteiger partial charge < -0.3 is 8.80 Å². The van der Waals surface area contributed by atoms with E-state index >= 15 is 0 Å². The minimum atomic E-state index is 0.905. The molecule has 0 aliphatic heterocycles. The summed E-state index contributed by atoms with van der Waals surface area (Å²) in [7, 11) is 0. The molecule has 0 atom stereocenters. The van der Waals surface area contributed by atoms with Crippen LogP contribution in [0, 0.1) is 0 Å². The summed E-state index contributed by atoms with van der Waals surface area (Å²) >= 11 is 0. The molecule has 0 spiro atoms. The van der Waals surface area contributed by atoms with Crippen LogP contribution in [0.5, 0.6) is 0 Å². The molecule has 0 unspecified atom stereocenters. The molecular weight excluding hydrogens is 1220 g/mol. The Morgan fingerprint density at radius 1 is 0.160 bits per heavy atom. The molecule has 100 heavy (non-hydrogen) atoms. The Kier molecular flexibility index (Phi) is 12.2. The van der Waals surface area contributed by atoms with Crippen molar-refractivity contribution in [2.45, 2.75) is 0 Å². The third kappa shape index (κ3) is 8.28. The number of aromatic nitrogens is 8. The van der Waals surface area contributed by atoms with E-state index in [4.69, 9.17) is 15.0 Å². The van der Waals surface area contributed by atoms with E-state index in [1.54, 1.807) is 12.4 Å². The maximum atomic E-state index is 4.78.